The van der Waals surface area contributed by atoms with E-state index in [9.17, 15) is 0 Å². The van der Waals surface area contributed by atoms with Crippen LogP contribution >= 0.6 is 0 Å². The van der Waals surface area contributed by atoms with Crippen molar-refractivity contribution in [2.24, 2.45) is 0 Å². The molecule has 0 aliphatic rings. The van der Waals surface area contributed by atoms with E-state index in [1.165, 1.54) is 18.7 Å². The zero-order valence-corrected chi connectivity index (χ0v) is 10.9. The molecule has 0 saturated carbocycles. The smallest absolute Gasteiger partial charge is 0.158 e. The molecular formula is C12H13N7O2. The van der Waals surface area contributed by atoms with Crippen LogP contribution < -0.4 is 10.6 Å². The molecule has 0 fully saturated rings. The van der Waals surface area contributed by atoms with Gasteiger partial charge in [0.15, 0.2) is 5.69 Å². The Morgan fingerprint density at radius 2 is 1.81 bits per heavy atom. The van der Waals surface area contributed by atoms with Crippen molar-refractivity contribution in [3.63, 3.8) is 0 Å². The SMILES string of the molecule is N#Cc1cnc(Nc2cc(NC(CO)CO)ncn2)cn1. The summed E-state index contributed by atoms with van der Waals surface area (Å²) in [6.45, 7) is -0.436. The Morgan fingerprint density at radius 1 is 1.05 bits per heavy atom. The summed E-state index contributed by atoms with van der Waals surface area (Å²) in [6.07, 6.45) is 4.09. The van der Waals surface area contributed by atoms with Gasteiger partial charge in [-0.3, -0.25) is 0 Å². The van der Waals surface area contributed by atoms with Gasteiger partial charge < -0.3 is 20.8 Å². The molecule has 9 heteroatoms. The van der Waals surface area contributed by atoms with Gasteiger partial charge in [-0.15, -0.1) is 0 Å². The van der Waals surface area contributed by atoms with Gasteiger partial charge >= 0.3 is 0 Å². The van der Waals surface area contributed by atoms with Gasteiger partial charge in [-0.2, -0.15) is 5.26 Å². The first-order valence-corrected chi connectivity index (χ1v) is 6.04. The molecule has 0 unspecified atom stereocenters. The predicted molar refractivity (Wildman–Crippen MR) is 73.6 cm³/mol. The van der Waals surface area contributed by atoms with Crippen LogP contribution in [-0.4, -0.2) is 49.4 Å². The fourth-order valence-electron chi connectivity index (χ4n) is 1.44. The lowest BCUT2D eigenvalue weighted by molar-refractivity contribution is 0.203. The summed E-state index contributed by atoms with van der Waals surface area (Å²) in [4.78, 5) is 15.9. The van der Waals surface area contributed by atoms with Crippen LogP contribution in [0.4, 0.5) is 17.5 Å². The van der Waals surface area contributed by atoms with E-state index in [4.69, 9.17) is 15.5 Å². The van der Waals surface area contributed by atoms with E-state index >= 15 is 0 Å². The van der Waals surface area contributed by atoms with Crippen molar-refractivity contribution in [2.45, 2.75) is 6.04 Å². The first kappa shape index (κ1) is 14.6. The highest BCUT2D eigenvalue weighted by molar-refractivity contribution is 5.55. The number of nitriles is 1. The largest absolute Gasteiger partial charge is 0.394 e. The van der Waals surface area contributed by atoms with E-state index in [1.807, 2.05) is 6.07 Å². The molecule has 2 aromatic heterocycles. The van der Waals surface area contributed by atoms with E-state index < -0.39 is 6.04 Å². The summed E-state index contributed by atoms with van der Waals surface area (Å²) >= 11 is 0. The molecule has 0 spiro atoms. The Kier molecular flexibility index (Phi) is 4.92. The van der Waals surface area contributed by atoms with Crippen molar-refractivity contribution in [3.8, 4) is 6.07 Å². The van der Waals surface area contributed by atoms with E-state index in [1.54, 1.807) is 6.07 Å². The maximum absolute atomic E-state index is 9.02. The van der Waals surface area contributed by atoms with E-state index in [2.05, 4.69) is 30.6 Å². The predicted octanol–water partition coefficient (Wildman–Crippen LogP) is -0.353. The molecule has 0 atom stereocenters. The lowest BCUT2D eigenvalue weighted by Crippen LogP contribution is -2.28. The molecule has 2 rings (SSSR count). The second-order valence-corrected chi connectivity index (χ2v) is 4.02. The number of nitrogens with one attached hydrogen (secondary N) is 2. The van der Waals surface area contributed by atoms with Crippen LogP contribution in [-0.2, 0) is 0 Å². The van der Waals surface area contributed by atoms with Gasteiger partial charge in [-0.1, -0.05) is 0 Å². The number of hydrogen-bond acceptors (Lipinski definition) is 9. The Labute approximate surface area is 120 Å². The van der Waals surface area contributed by atoms with Gasteiger partial charge in [-0.05, 0) is 0 Å². The maximum Gasteiger partial charge on any atom is 0.158 e. The molecule has 9 nitrogen and oxygen atoms in total. The number of nitrogens with zero attached hydrogens (tertiary/aromatic N) is 5. The molecular weight excluding hydrogens is 274 g/mol. The third-order valence-electron chi connectivity index (χ3n) is 2.48. The molecule has 0 saturated heterocycles. The molecule has 108 valence electrons. The molecule has 21 heavy (non-hydrogen) atoms. The van der Waals surface area contributed by atoms with Crippen molar-refractivity contribution in [2.75, 3.05) is 23.8 Å². The minimum absolute atomic E-state index is 0.218. The van der Waals surface area contributed by atoms with E-state index in [-0.39, 0.29) is 18.9 Å². The number of anilines is 3. The van der Waals surface area contributed by atoms with Crippen LogP contribution in [0.2, 0.25) is 0 Å². The van der Waals surface area contributed by atoms with E-state index in [0.717, 1.165) is 0 Å². The lowest BCUT2D eigenvalue weighted by atomic mass is 10.3. The lowest BCUT2D eigenvalue weighted by Gasteiger charge is -2.14. The number of aromatic nitrogens is 4. The first-order chi connectivity index (χ1) is 10.2. The highest BCUT2D eigenvalue weighted by Gasteiger charge is 2.07. The average Bonchev–Trinajstić information content (AvgIpc) is 2.53. The standard InChI is InChI=1S/C12H13N7O2/c13-2-8-3-15-12(4-14-8)19-11-1-10(16-7-17-11)18-9(5-20)6-21/h1,3-4,7,9,20-21H,5-6H2,(H2,15,16,17,18,19). The third kappa shape index (κ3) is 4.07. The Bertz CT molecular complexity index is 622. The average molecular weight is 287 g/mol. The summed E-state index contributed by atoms with van der Waals surface area (Å²) in [6, 6.07) is 2.97. The normalized spacial score (nSPS) is 10.2. The first-order valence-electron chi connectivity index (χ1n) is 6.04. The minimum atomic E-state index is -0.498. The highest BCUT2D eigenvalue weighted by atomic mass is 16.3. The Balaban J connectivity index is 2.08. The Hall–Kier alpha value is -2.83. The third-order valence-corrected chi connectivity index (χ3v) is 2.48. The Morgan fingerprint density at radius 3 is 2.43 bits per heavy atom. The molecule has 4 N–H and O–H groups in total. The molecule has 2 aromatic rings. The van der Waals surface area contributed by atoms with Crippen LogP contribution in [0.15, 0.2) is 24.8 Å². The molecule has 0 radical (unpaired) electrons. The summed E-state index contributed by atoms with van der Waals surface area (Å²) in [5.74, 6) is 1.34. The van der Waals surface area contributed by atoms with Crippen LogP contribution in [0.5, 0.6) is 0 Å². The van der Waals surface area contributed by atoms with Gasteiger partial charge in [0.25, 0.3) is 0 Å². The van der Waals surface area contributed by atoms with Gasteiger partial charge in [0.05, 0.1) is 31.6 Å². The summed E-state index contributed by atoms with van der Waals surface area (Å²) in [5.41, 5.74) is 0.222. The second kappa shape index (κ2) is 7.09. The van der Waals surface area contributed by atoms with Gasteiger partial charge in [0, 0.05) is 6.07 Å². The van der Waals surface area contributed by atoms with Gasteiger partial charge in [0.2, 0.25) is 0 Å². The van der Waals surface area contributed by atoms with Crippen molar-refractivity contribution >= 4 is 17.5 Å². The van der Waals surface area contributed by atoms with Crippen LogP contribution in [0.25, 0.3) is 0 Å². The fourth-order valence-corrected chi connectivity index (χ4v) is 1.44. The van der Waals surface area contributed by atoms with Crippen LogP contribution in [0.1, 0.15) is 5.69 Å². The van der Waals surface area contributed by atoms with E-state index in [0.29, 0.717) is 17.5 Å². The number of rotatable bonds is 6. The van der Waals surface area contributed by atoms with Crippen molar-refractivity contribution in [3.05, 3.63) is 30.5 Å². The zero-order valence-electron chi connectivity index (χ0n) is 10.9. The van der Waals surface area contributed by atoms with Gasteiger partial charge in [-0.25, -0.2) is 19.9 Å². The number of hydrogen-bond donors (Lipinski definition) is 4. The second-order valence-electron chi connectivity index (χ2n) is 4.02. The number of aliphatic hydroxyl groups excluding tert-OH is 2. The number of aliphatic hydroxyl groups is 2. The molecule has 0 amide bonds. The molecule has 0 bridgehead atoms. The fraction of sp³-hybridized carbons (Fsp3) is 0.250. The quantitative estimate of drug-likeness (QED) is 0.561. The zero-order chi connectivity index (χ0) is 15.1. The highest BCUT2D eigenvalue weighted by Crippen LogP contribution is 2.14. The molecule has 2 heterocycles. The summed E-state index contributed by atoms with van der Waals surface area (Å²) < 4.78 is 0. The summed E-state index contributed by atoms with van der Waals surface area (Å²) in [7, 11) is 0. The minimum Gasteiger partial charge on any atom is -0.394 e. The topological polar surface area (TPSA) is 140 Å². The molecule has 0 aliphatic heterocycles. The van der Waals surface area contributed by atoms with Crippen LogP contribution in [0, 0.1) is 11.3 Å². The molecule has 0 aliphatic carbocycles. The molecule has 0 aromatic carbocycles. The van der Waals surface area contributed by atoms with Crippen LogP contribution in [0.3, 0.4) is 0 Å². The van der Waals surface area contributed by atoms with Gasteiger partial charge in [0.1, 0.15) is 29.9 Å². The van der Waals surface area contributed by atoms with Crippen molar-refractivity contribution in [1.29, 1.82) is 5.26 Å². The van der Waals surface area contributed by atoms with Crippen molar-refractivity contribution < 1.29 is 10.2 Å². The maximum atomic E-state index is 9.02. The summed E-state index contributed by atoms with van der Waals surface area (Å²) in [5, 5.41) is 32.4. The monoisotopic (exact) mass is 287 g/mol. The van der Waals surface area contributed by atoms with Crippen molar-refractivity contribution in [1.82, 2.24) is 19.9 Å².